The third-order valence-electron chi connectivity index (χ3n) is 3.54. The zero-order valence-electron chi connectivity index (χ0n) is 11.4. The molecule has 20 heavy (non-hydrogen) atoms. The molecule has 2 atom stereocenters. The van der Waals surface area contributed by atoms with Crippen molar-refractivity contribution in [1.29, 1.82) is 0 Å². The number of benzene rings is 1. The van der Waals surface area contributed by atoms with Crippen LogP contribution in [0.25, 0.3) is 11.4 Å². The lowest BCUT2D eigenvalue weighted by Crippen LogP contribution is -2.15. The maximum Gasteiger partial charge on any atom is 0.244 e. The van der Waals surface area contributed by atoms with Crippen LogP contribution in [0, 0.1) is 13.8 Å². The second-order valence-corrected chi connectivity index (χ2v) is 6.02. The Morgan fingerprint density at radius 1 is 1.35 bits per heavy atom. The number of hydrogen-bond acceptors (Lipinski definition) is 5. The van der Waals surface area contributed by atoms with E-state index in [9.17, 15) is 5.11 Å². The summed E-state index contributed by atoms with van der Waals surface area (Å²) in [6.07, 6.45) is 0.271. The molecule has 3 rings (SSSR count). The van der Waals surface area contributed by atoms with Crippen molar-refractivity contribution in [3.8, 4) is 11.4 Å². The quantitative estimate of drug-likeness (QED) is 0.880. The van der Waals surface area contributed by atoms with Crippen molar-refractivity contribution in [2.24, 2.45) is 0 Å². The van der Waals surface area contributed by atoms with Crippen LogP contribution in [0.4, 0.5) is 0 Å². The lowest BCUT2D eigenvalue weighted by atomic mass is 10.1. The molecule has 0 unspecified atom stereocenters. The Kier molecular flexibility index (Phi) is 3.62. The highest BCUT2D eigenvalue weighted by atomic mass is 79.9. The lowest BCUT2D eigenvalue weighted by Gasteiger charge is -2.05. The van der Waals surface area contributed by atoms with Crippen molar-refractivity contribution in [3.63, 3.8) is 0 Å². The second kappa shape index (κ2) is 5.27. The van der Waals surface area contributed by atoms with Crippen molar-refractivity contribution in [2.75, 3.05) is 6.54 Å². The van der Waals surface area contributed by atoms with Gasteiger partial charge in [-0.1, -0.05) is 21.1 Å². The van der Waals surface area contributed by atoms with E-state index in [0.29, 0.717) is 24.7 Å². The molecule has 1 aliphatic heterocycles. The van der Waals surface area contributed by atoms with Crippen LogP contribution in [0.5, 0.6) is 0 Å². The summed E-state index contributed by atoms with van der Waals surface area (Å²) in [5.74, 6) is 1.12. The van der Waals surface area contributed by atoms with Crippen molar-refractivity contribution in [1.82, 2.24) is 15.5 Å². The molecule has 1 fully saturated rings. The van der Waals surface area contributed by atoms with Crippen LogP contribution in [0.3, 0.4) is 0 Å². The number of rotatable bonds is 2. The van der Waals surface area contributed by atoms with Crippen molar-refractivity contribution >= 4 is 15.9 Å². The number of hydrogen-bond donors (Lipinski definition) is 2. The predicted molar refractivity (Wildman–Crippen MR) is 78.3 cm³/mol. The molecule has 0 aliphatic carbocycles. The van der Waals surface area contributed by atoms with Crippen molar-refractivity contribution < 1.29 is 9.63 Å². The van der Waals surface area contributed by atoms with Gasteiger partial charge in [0.25, 0.3) is 0 Å². The topological polar surface area (TPSA) is 71.2 Å². The van der Waals surface area contributed by atoms with Gasteiger partial charge in [0.1, 0.15) is 0 Å². The minimum absolute atomic E-state index is 0.0520. The zero-order chi connectivity index (χ0) is 14.3. The van der Waals surface area contributed by atoms with Gasteiger partial charge in [0, 0.05) is 16.6 Å². The fourth-order valence-corrected chi connectivity index (χ4v) is 2.70. The largest absolute Gasteiger partial charge is 0.392 e. The number of nitrogens with zero attached hydrogens (tertiary/aromatic N) is 2. The number of halogens is 1. The van der Waals surface area contributed by atoms with Gasteiger partial charge in [-0.05, 0) is 43.5 Å². The van der Waals surface area contributed by atoms with Crippen LogP contribution >= 0.6 is 15.9 Å². The molecule has 0 radical (unpaired) electrons. The van der Waals surface area contributed by atoms with Gasteiger partial charge in [-0.2, -0.15) is 4.98 Å². The van der Waals surface area contributed by atoms with Gasteiger partial charge >= 0.3 is 0 Å². The van der Waals surface area contributed by atoms with Crippen LogP contribution in [0.15, 0.2) is 21.1 Å². The predicted octanol–water partition coefficient (Wildman–Crippen LogP) is 2.51. The first-order valence-corrected chi connectivity index (χ1v) is 7.36. The van der Waals surface area contributed by atoms with Gasteiger partial charge in [0.2, 0.25) is 11.7 Å². The third kappa shape index (κ3) is 2.51. The van der Waals surface area contributed by atoms with Gasteiger partial charge in [-0.3, -0.25) is 0 Å². The molecule has 0 bridgehead atoms. The number of nitrogens with one attached hydrogen (secondary N) is 1. The molecular weight excluding hydrogens is 322 g/mol. The van der Waals surface area contributed by atoms with Crippen LogP contribution in [0.2, 0.25) is 0 Å². The summed E-state index contributed by atoms with van der Waals surface area (Å²) in [6.45, 7) is 4.64. The number of aromatic nitrogens is 2. The van der Waals surface area contributed by atoms with E-state index in [2.05, 4.69) is 31.4 Å². The number of β-amino-alcohol motifs (C(OH)–C–C–N with tert-alkyl or cyclic N) is 1. The summed E-state index contributed by atoms with van der Waals surface area (Å²) < 4.78 is 6.42. The fourth-order valence-electron chi connectivity index (χ4n) is 2.47. The number of aliphatic hydroxyl groups excluding tert-OH is 1. The van der Waals surface area contributed by atoms with Gasteiger partial charge < -0.3 is 14.9 Å². The summed E-state index contributed by atoms with van der Waals surface area (Å²) >= 11 is 3.55. The molecular formula is C14H16BrN3O2. The SMILES string of the molecule is Cc1cc(-c2noc([C@@H]3C[C@H](O)CN3)n2)cc(C)c1Br. The fraction of sp³-hybridized carbons (Fsp3) is 0.429. The lowest BCUT2D eigenvalue weighted by molar-refractivity contribution is 0.191. The van der Waals surface area contributed by atoms with Crippen LogP contribution in [-0.2, 0) is 0 Å². The zero-order valence-corrected chi connectivity index (χ0v) is 12.9. The van der Waals surface area contributed by atoms with E-state index in [0.717, 1.165) is 21.2 Å². The normalized spacial score (nSPS) is 22.4. The number of aliphatic hydroxyl groups is 1. The molecule has 1 aromatic heterocycles. The molecule has 5 nitrogen and oxygen atoms in total. The van der Waals surface area contributed by atoms with E-state index in [1.807, 2.05) is 26.0 Å². The molecule has 106 valence electrons. The summed E-state index contributed by atoms with van der Waals surface area (Å²) in [7, 11) is 0. The maximum atomic E-state index is 9.53. The molecule has 1 aliphatic rings. The molecule has 1 aromatic carbocycles. The van der Waals surface area contributed by atoms with E-state index < -0.39 is 0 Å². The summed E-state index contributed by atoms with van der Waals surface area (Å²) in [5.41, 5.74) is 3.22. The Hall–Kier alpha value is -1.24. The van der Waals surface area contributed by atoms with Gasteiger partial charge in [-0.25, -0.2) is 0 Å². The highest BCUT2D eigenvalue weighted by molar-refractivity contribution is 9.10. The molecule has 2 aromatic rings. The van der Waals surface area contributed by atoms with E-state index in [-0.39, 0.29) is 12.1 Å². The molecule has 0 spiro atoms. The Morgan fingerprint density at radius 2 is 2.05 bits per heavy atom. The average molecular weight is 338 g/mol. The minimum Gasteiger partial charge on any atom is -0.392 e. The molecule has 1 saturated heterocycles. The summed E-state index contributed by atoms with van der Waals surface area (Å²) in [6, 6.07) is 4.01. The molecule has 0 saturated carbocycles. The Morgan fingerprint density at radius 3 is 2.65 bits per heavy atom. The van der Waals surface area contributed by atoms with Gasteiger partial charge in [0.15, 0.2) is 0 Å². The monoisotopic (exact) mass is 337 g/mol. The van der Waals surface area contributed by atoms with Crippen molar-refractivity contribution in [2.45, 2.75) is 32.4 Å². The van der Waals surface area contributed by atoms with Crippen LogP contribution in [-0.4, -0.2) is 27.9 Å². The minimum atomic E-state index is -0.340. The Bertz CT molecular complexity index is 618. The summed E-state index contributed by atoms with van der Waals surface area (Å²) in [5, 5.41) is 16.7. The molecule has 2 N–H and O–H groups in total. The Labute approximate surface area is 125 Å². The highest BCUT2D eigenvalue weighted by Gasteiger charge is 2.28. The van der Waals surface area contributed by atoms with Gasteiger partial charge in [-0.15, -0.1) is 0 Å². The average Bonchev–Trinajstić information content (AvgIpc) is 3.03. The highest BCUT2D eigenvalue weighted by Crippen LogP contribution is 2.29. The van der Waals surface area contributed by atoms with E-state index >= 15 is 0 Å². The molecule has 6 heteroatoms. The summed E-state index contributed by atoms with van der Waals surface area (Å²) in [4.78, 5) is 4.44. The molecule has 0 amide bonds. The maximum absolute atomic E-state index is 9.53. The second-order valence-electron chi connectivity index (χ2n) is 5.23. The standard InChI is InChI=1S/C14H16BrN3O2/c1-7-3-9(4-8(2)12(7)15)13-17-14(20-18-13)11-5-10(19)6-16-11/h3-4,10-11,16,19H,5-6H2,1-2H3/t10-,11-/m0/s1. The van der Waals surface area contributed by atoms with Crippen LogP contribution in [0.1, 0.15) is 29.5 Å². The van der Waals surface area contributed by atoms with E-state index in [1.165, 1.54) is 0 Å². The first kappa shape index (κ1) is 13.7. The van der Waals surface area contributed by atoms with Gasteiger partial charge in [0.05, 0.1) is 12.1 Å². The van der Waals surface area contributed by atoms with Crippen LogP contribution < -0.4 is 5.32 Å². The third-order valence-corrected chi connectivity index (χ3v) is 4.79. The van der Waals surface area contributed by atoms with E-state index in [4.69, 9.17) is 4.52 Å². The first-order chi connectivity index (χ1) is 9.54. The Balaban J connectivity index is 1.90. The first-order valence-electron chi connectivity index (χ1n) is 6.57. The number of aryl methyl sites for hydroxylation is 2. The molecule has 2 heterocycles. The van der Waals surface area contributed by atoms with Crippen molar-refractivity contribution in [3.05, 3.63) is 33.6 Å². The van der Waals surface area contributed by atoms with E-state index in [1.54, 1.807) is 0 Å². The smallest absolute Gasteiger partial charge is 0.244 e.